The Labute approximate surface area is 127 Å². The molecule has 0 amide bonds. The van der Waals surface area contributed by atoms with Gasteiger partial charge in [-0.1, -0.05) is 38.1 Å². The molecular formula is C13H18CaO2+2. The Kier molecular flexibility index (Phi) is 7.29. The van der Waals surface area contributed by atoms with Gasteiger partial charge in [0.25, 0.3) is 0 Å². The Morgan fingerprint density at radius 1 is 1.19 bits per heavy atom. The fourth-order valence-electron chi connectivity index (χ4n) is 1.56. The minimum atomic E-state index is -0.772. The fourth-order valence-corrected chi connectivity index (χ4v) is 1.56. The predicted molar refractivity (Wildman–Crippen MR) is 66.8 cm³/mol. The van der Waals surface area contributed by atoms with E-state index < -0.39 is 11.9 Å². The van der Waals surface area contributed by atoms with Crippen LogP contribution in [0, 0.1) is 5.92 Å². The summed E-state index contributed by atoms with van der Waals surface area (Å²) in [6.07, 6.45) is 1.04. The van der Waals surface area contributed by atoms with Crippen molar-refractivity contribution in [3.63, 3.8) is 0 Å². The number of carboxylic acid groups (broad SMARTS) is 1. The van der Waals surface area contributed by atoms with E-state index >= 15 is 0 Å². The largest absolute Gasteiger partial charge is 2.00 e. The van der Waals surface area contributed by atoms with Crippen LogP contribution in [0.4, 0.5) is 0 Å². The molecule has 82 valence electrons. The van der Waals surface area contributed by atoms with Gasteiger partial charge in [0.2, 0.25) is 0 Å². The second kappa shape index (κ2) is 7.31. The molecule has 1 aromatic carbocycles. The number of aliphatic carboxylic acids is 1. The van der Waals surface area contributed by atoms with Crippen LogP contribution in [0.15, 0.2) is 24.3 Å². The summed E-state index contributed by atoms with van der Waals surface area (Å²) >= 11 is 0. The van der Waals surface area contributed by atoms with Gasteiger partial charge in [-0.3, -0.25) is 4.79 Å². The van der Waals surface area contributed by atoms with Crippen LogP contribution >= 0.6 is 0 Å². The molecule has 16 heavy (non-hydrogen) atoms. The molecule has 0 bridgehead atoms. The smallest absolute Gasteiger partial charge is 0.481 e. The molecule has 0 unspecified atom stereocenters. The molecule has 1 atom stereocenters. The van der Waals surface area contributed by atoms with Crippen molar-refractivity contribution < 1.29 is 9.90 Å². The van der Waals surface area contributed by atoms with Crippen LogP contribution in [0.3, 0.4) is 0 Å². The number of rotatable bonds is 4. The molecule has 0 aliphatic carbocycles. The second-order valence-electron chi connectivity index (χ2n) is 4.40. The molecule has 0 fully saturated rings. The molecule has 1 N–H and O–H groups in total. The number of hydrogen-bond acceptors (Lipinski definition) is 1. The van der Waals surface area contributed by atoms with E-state index in [2.05, 4.69) is 13.8 Å². The average molecular weight is 246 g/mol. The molecule has 0 aliphatic rings. The van der Waals surface area contributed by atoms with E-state index in [0.717, 1.165) is 12.0 Å². The molecule has 1 aromatic rings. The van der Waals surface area contributed by atoms with Gasteiger partial charge in [-0.2, -0.15) is 0 Å². The maximum Gasteiger partial charge on any atom is 2.00 e. The molecular weight excluding hydrogens is 228 g/mol. The van der Waals surface area contributed by atoms with Gasteiger partial charge in [-0.15, -0.1) is 0 Å². The first-order chi connectivity index (χ1) is 7.00. The number of hydrogen-bond donors (Lipinski definition) is 1. The predicted octanol–water partition coefficient (Wildman–Crippen LogP) is 2.69. The van der Waals surface area contributed by atoms with Crippen LogP contribution in [0.2, 0.25) is 0 Å². The van der Waals surface area contributed by atoms with Crippen molar-refractivity contribution in [1.29, 1.82) is 0 Å². The van der Waals surface area contributed by atoms with Crippen LogP contribution < -0.4 is 0 Å². The minimum Gasteiger partial charge on any atom is -0.481 e. The van der Waals surface area contributed by atoms with Crippen molar-refractivity contribution in [1.82, 2.24) is 0 Å². The molecule has 3 heteroatoms. The van der Waals surface area contributed by atoms with Gasteiger partial charge in [0, 0.05) is 0 Å². The van der Waals surface area contributed by atoms with Crippen LogP contribution in [0.25, 0.3) is 0 Å². The van der Waals surface area contributed by atoms with Crippen molar-refractivity contribution in [2.75, 3.05) is 0 Å². The van der Waals surface area contributed by atoms with E-state index in [0.29, 0.717) is 5.92 Å². The fraction of sp³-hybridized carbons (Fsp3) is 0.462. The summed E-state index contributed by atoms with van der Waals surface area (Å²) < 4.78 is 0. The van der Waals surface area contributed by atoms with Gasteiger partial charge in [-0.25, -0.2) is 0 Å². The van der Waals surface area contributed by atoms with Crippen molar-refractivity contribution in [2.45, 2.75) is 33.1 Å². The topological polar surface area (TPSA) is 37.3 Å². The molecule has 1 rings (SSSR count). The van der Waals surface area contributed by atoms with Crippen molar-refractivity contribution in [3.8, 4) is 0 Å². The SMILES string of the molecule is CC(C)Cc1ccc([C@H](C)C(=O)O)cc1.[Ca+2]. The van der Waals surface area contributed by atoms with Gasteiger partial charge in [0.15, 0.2) is 0 Å². The summed E-state index contributed by atoms with van der Waals surface area (Å²) in [5, 5.41) is 8.85. The van der Waals surface area contributed by atoms with Crippen molar-refractivity contribution in [3.05, 3.63) is 35.4 Å². The van der Waals surface area contributed by atoms with Gasteiger partial charge in [0.05, 0.1) is 5.92 Å². The van der Waals surface area contributed by atoms with E-state index in [-0.39, 0.29) is 37.7 Å². The molecule has 0 radical (unpaired) electrons. The summed E-state index contributed by atoms with van der Waals surface area (Å²) in [7, 11) is 0. The summed E-state index contributed by atoms with van der Waals surface area (Å²) in [5.74, 6) is -0.558. The van der Waals surface area contributed by atoms with Gasteiger partial charge in [-0.05, 0) is 30.4 Å². The van der Waals surface area contributed by atoms with E-state index in [4.69, 9.17) is 5.11 Å². The number of benzene rings is 1. The van der Waals surface area contributed by atoms with E-state index in [1.165, 1.54) is 5.56 Å². The normalized spacial score (nSPS) is 12.0. The second-order valence-corrected chi connectivity index (χ2v) is 4.40. The summed E-state index contributed by atoms with van der Waals surface area (Å²) in [6.45, 7) is 6.06. The van der Waals surface area contributed by atoms with Crippen molar-refractivity contribution >= 4 is 43.7 Å². The molecule has 0 saturated heterocycles. The first kappa shape index (κ1) is 15.9. The summed E-state index contributed by atoms with van der Waals surface area (Å²) in [6, 6.07) is 7.87. The third-order valence-corrected chi connectivity index (χ3v) is 2.49. The quantitative estimate of drug-likeness (QED) is 0.829. The third-order valence-electron chi connectivity index (χ3n) is 2.49. The first-order valence-corrected chi connectivity index (χ1v) is 5.32. The summed E-state index contributed by atoms with van der Waals surface area (Å²) in [4.78, 5) is 10.8. The Hall–Kier alpha value is -0.0503. The zero-order chi connectivity index (χ0) is 11.4. The van der Waals surface area contributed by atoms with E-state index in [9.17, 15) is 4.79 Å². The van der Waals surface area contributed by atoms with Gasteiger partial charge in [0.1, 0.15) is 0 Å². The van der Waals surface area contributed by atoms with Crippen LogP contribution in [-0.2, 0) is 11.2 Å². The zero-order valence-corrected chi connectivity index (χ0v) is 12.4. The van der Waals surface area contributed by atoms with Crippen molar-refractivity contribution in [2.24, 2.45) is 5.92 Å². The monoisotopic (exact) mass is 246 g/mol. The number of carboxylic acids is 1. The number of carbonyl (C=O) groups is 1. The molecule has 0 saturated carbocycles. The maximum absolute atomic E-state index is 10.8. The molecule has 0 heterocycles. The Bertz CT molecular complexity index is 330. The van der Waals surface area contributed by atoms with Gasteiger partial charge < -0.3 is 5.11 Å². The molecule has 0 aliphatic heterocycles. The molecule has 0 spiro atoms. The van der Waals surface area contributed by atoms with E-state index in [1.807, 2.05) is 24.3 Å². The average Bonchev–Trinajstić information content (AvgIpc) is 2.17. The van der Waals surface area contributed by atoms with Crippen LogP contribution in [0.1, 0.15) is 37.8 Å². The Balaban J connectivity index is 0.00000225. The Morgan fingerprint density at radius 3 is 2.06 bits per heavy atom. The van der Waals surface area contributed by atoms with E-state index in [1.54, 1.807) is 6.92 Å². The van der Waals surface area contributed by atoms with Crippen LogP contribution in [-0.4, -0.2) is 48.8 Å². The third kappa shape index (κ3) is 4.86. The van der Waals surface area contributed by atoms with Gasteiger partial charge >= 0.3 is 43.7 Å². The molecule has 0 aromatic heterocycles. The Morgan fingerprint density at radius 2 is 1.69 bits per heavy atom. The standard InChI is InChI=1S/C13H18O2.Ca/c1-9(2)8-11-4-6-12(7-5-11)10(3)13(14)15;/h4-7,9-10H,8H2,1-3H3,(H,14,15);/q;+2/t10-;/m0./s1. The molecule has 2 nitrogen and oxygen atoms in total. The summed E-state index contributed by atoms with van der Waals surface area (Å²) in [5.41, 5.74) is 2.14. The zero-order valence-electron chi connectivity index (χ0n) is 10.2. The maximum atomic E-state index is 10.8. The minimum absolute atomic E-state index is 0. The van der Waals surface area contributed by atoms with Crippen LogP contribution in [0.5, 0.6) is 0 Å². The first-order valence-electron chi connectivity index (χ1n) is 5.32.